The van der Waals surface area contributed by atoms with E-state index in [-0.39, 0.29) is 5.11 Å². The van der Waals surface area contributed by atoms with E-state index in [1.165, 1.54) is 0 Å². The molecule has 0 aliphatic rings. The first-order valence-electron chi connectivity index (χ1n) is 3.91. The maximum absolute atomic E-state index is 8.60. The van der Waals surface area contributed by atoms with Crippen molar-refractivity contribution in [1.82, 2.24) is 10.4 Å². The van der Waals surface area contributed by atoms with Crippen LogP contribution in [-0.4, -0.2) is 21.0 Å². The molecule has 0 bridgehead atoms. The summed E-state index contributed by atoms with van der Waals surface area (Å²) in [7, 11) is -4.69. The number of aromatic nitrogens is 1. The van der Waals surface area contributed by atoms with Crippen LogP contribution in [0.5, 0.6) is 0 Å². The normalized spacial score (nSPS) is 10.6. The Kier molecular flexibility index (Phi) is 7.21. The third-order valence-corrected chi connectivity index (χ3v) is 1.19. The van der Waals surface area contributed by atoms with E-state index in [1.807, 2.05) is 12.1 Å². The van der Waals surface area contributed by atoms with Crippen LogP contribution in [0.3, 0.4) is 0 Å². The van der Waals surface area contributed by atoms with Crippen molar-refractivity contribution in [3.05, 3.63) is 30.1 Å². The second-order valence-electron chi connectivity index (χ2n) is 2.41. The number of hydrazone groups is 1. The van der Waals surface area contributed by atoms with Gasteiger partial charge in [-0.25, -0.2) is 0 Å². The molecular formula is C7H9ClN4O4S. The quantitative estimate of drug-likeness (QED) is 0.282. The summed E-state index contributed by atoms with van der Waals surface area (Å²) in [5.74, 6) is 0. The summed E-state index contributed by atoms with van der Waals surface area (Å²) < 4.78 is 32.7. The first-order valence-corrected chi connectivity index (χ1v) is 5.58. The van der Waals surface area contributed by atoms with Gasteiger partial charge in [0.25, 0.3) is 0 Å². The second kappa shape index (κ2) is 7.84. The fraction of sp³-hybridized carbons (Fsp3) is 0. The predicted octanol–water partition coefficient (Wildman–Crippen LogP) is -3.88. The van der Waals surface area contributed by atoms with Gasteiger partial charge in [0.2, 0.25) is 0 Å². The largest absolute Gasteiger partial charge is 0.375 e. The highest BCUT2D eigenvalue weighted by atomic mass is 35.7. The lowest BCUT2D eigenvalue weighted by Crippen LogP contribution is -2.58. The van der Waals surface area contributed by atoms with Crippen LogP contribution in [0, 0.1) is 10.2 Å². The van der Waals surface area contributed by atoms with Crippen LogP contribution >= 0.6 is 12.2 Å². The van der Waals surface area contributed by atoms with E-state index in [1.54, 1.807) is 18.6 Å². The fourth-order valence-corrected chi connectivity index (χ4v) is 0.673. The molecule has 1 rings (SSSR count). The molecule has 1 aromatic heterocycles. The van der Waals surface area contributed by atoms with Crippen LogP contribution in [0.15, 0.2) is 29.6 Å². The standard InChI is InChI=1S/C7H8N4S.ClHO4/c8-7(12)11-10-5-6-1-3-9-4-2-6;2-1(3,4)5/h1-5H,(H3,8,11,12);(H,2,3,4,5). The van der Waals surface area contributed by atoms with Crippen molar-refractivity contribution in [1.29, 1.82) is 0 Å². The van der Waals surface area contributed by atoms with E-state index in [0.717, 1.165) is 5.56 Å². The van der Waals surface area contributed by atoms with Crippen molar-refractivity contribution in [2.45, 2.75) is 0 Å². The van der Waals surface area contributed by atoms with Gasteiger partial charge in [0.05, 0.1) is 21.1 Å². The fourth-order valence-electron chi connectivity index (χ4n) is 0.620. The zero-order valence-corrected chi connectivity index (χ0v) is 9.89. The number of rotatable bonds is 2. The third kappa shape index (κ3) is 14.6. The lowest BCUT2D eigenvalue weighted by atomic mass is 10.3. The number of thiocarbonyl (C=S) groups is 1. The lowest BCUT2D eigenvalue weighted by Gasteiger charge is -2.03. The van der Waals surface area contributed by atoms with Gasteiger partial charge in [-0.15, -0.1) is 0 Å². The summed E-state index contributed by atoms with van der Waals surface area (Å²) in [6, 6.07) is 3.65. The molecule has 0 unspecified atom stereocenters. The van der Waals surface area contributed by atoms with Crippen LogP contribution in [0.4, 0.5) is 0 Å². The van der Waals surface area contributed by atoms with Gasteiger partial charge in [-0.3, -0.25) is 10.4 Å². The van der Waals surface area contributed by atoms with Crippen LogP contribution in [0.25, 0.3) is 0 Å². The Labute approximate surface area is 104 Å². The molecule has 17 heavy (non-hydrogen) atoms. The minimum Gasteiger partial charge on any atom is -0.375 e. The molecule has 0 aliphatic carbocycles. The highest BCUT2D eigenvalue weighted by Gasteiger charge is 1.98. The number of nitrogens with two attached hydrogens (primary N) is 1. The Morgan fingerprint density at radius 2 is 1.94 bits per heavy atom. The molecule has 0 saturated carbocycles. The maximum Gasteiger partial charge on any atom is 0.184 e. The smallest absolute Gasteiger partial charge is 0.184 e. The van der Waals surface area contributed by atoms with Gasteiger partial charge in [-0.1, -0.05) is 0 Å². The van der Waals surface area contributed by atoms with Crippen molar-refractivity contribution < 1.29 is 28.9 Å². The predicted molar refractivity (Wildman–Crippen MR) is 54.0 cm³/mol. The van der Waals surface area contributed by atoms with Crippen molar-refractivity contribution in [2.75, 3.05) is 0 Å². The molecule has 0 saturated heterocycles. The van der Waals surface area contributed by atoms with Crippen molar-refractivity contribution in [3.63, 3.8) is 0 Å². The summed E-state index contributed by atoms with van der Waals surface area (Å²) in [4.78, 5) is 3.86. The van der Waals surface area contributed by atoms with E-state index in [2.05, 4.69) is 27.7 Å². The molecule has 0 amide bonds. The van der Waals surface area contributed by atoms with Crippen LogP contribution in [-0.2, 0) is 0 Å². The molecule has 8 nitrogen and oxygen atoms in total. The number of nitrogens with one attached hydrogen (secondary N) is 1. The van der Waals surface area contributed by atoms with E-state index in [0.29, 0.717) is 0 Å². The summed E-state index contributed by atoms with van der Waals surface area (Å²) in [5.41, 5.74) is 8.54. The monoisotopic (exact) mass is 280 g/mol. The minimum absolute atomic E-state index is 0.153. The Balaban J connectivity index is 0.000000437. The summed E-state index contributed by atoms with van der Waals surface area (Å²) in [6.45, 7) is 0. The molecule has 10 heteroatoms. The van der Waals surface area contributed by atoms with Gasteiger partial charge in [0, 0.05) is 12.4 Å². The number of nitrogens with zero attached hydrogens (tertiary/aromatic N) is 2. The van der Waals surface area contributed by atoms with E-state index in [4.69, 9.17) is 24.4 Å². The average molecular weight is 281 g/mol. The van der Waals surface area contributed by atoms with Crippen molar-refractivity contribution >= 4 is 23.5 Å². The highest BCUT2D eigenvalue weighted by Crippen LogP contribution is 1.89. The zero-order valence-electron chi connectivity index (χ0n) is 8.32. The van der Waals surface area contributed by atoms with Crippen LogP contribution < -0.4 is 25.1 Å². The minimum atomic E-state index is -4.69. The van der Waals surface area contributed by atoms with E-state index in [9.17, 15) is 0 Å². The summed E-state index contributed by atoms with van der Waals surface area (Å²) in [5, 5.41) is 3.93. The van der Waals surface area contributed by atoms with E-state index < -0.39 is 10.2 Å². The number of hydrogen-bond acceptors (Lipinski definition) is 7. The molecular weight excluding hydrogens is 272 g/mol. The lowest BCUT2D eigenvalue weighted by molar-refractivity contribution is -1.92. The Bertz CT molecular complexity index is 364. The van der Waals surface area contributed by atoms with Gasteiger partial charge in [0.15, 0.2) is 5.11 Å². The summed E-state index contributed by atoms with van der Waals surface area (Å²) in [6.07, 6.45) is 4.98. The molecule has 94 valence electrons. The maximum atomic E-state index is 8.60. The molecule has 0 spiro atoms. The van der Waals surface area contributed by atoms with Crippen LogP contribution in [0.1, 0.15) is 5.56 Å². The first kappa shape index (κ1) is 15.6. The average Bonchev–Trinajstić information content (AvgIpc) is 2.16. The molecule has 1 aromatic rings. The van der Waals surface area contributed by atoms with Gasteiger partial charge in [-0.05, 0) is 29.9 Å². The zero-order chi connectivity index (χ0) is 13.3. The SMILES string of the molecule is NC(=S)NN=Cc1ccncc1.[O-][Cl+3]([O-])([O-])O. The molecule has 0 atom stereocenters. The van der Waals surface area contributed by atoms with Gasteiger partial charge in [-0.2, -0.15) is 19.1 Å². The molecule has 0 aromatic carbocycles. The van der Waals surface area contributed by atoms with Crippen molar-refractivity contribution in [2.24, 2.45) is 10.8 Å². The third-order valence-electron chi connectivity index (χ3n) is 1.09. The van der Waals surface area contributed by atoms with Crippen LogP contribution in [0.2, 0.25) is 0 Å². The molecule has 4 N–H and O–H groups in total. The topological polar surface area (TPSA) is 153 Å². The number of pyridine rings is 1. The van der Waals surface area contributed by atoms with Gasteiger partial charge >= 0.3 is 0 Å². The van der Waals surface area contributed by atoms with Gasteiger partial charge < -0.3 is 5.73 Å². The van der Waals surface area contributed by atoms with Gasteiger partial charge in [0.1, 0.15) is 0 Å². The molecule has 0 fully saturated rings. The summed E-state index contributed by atoms with van der Waals surface area (Å²) >= 11 is 4.55. The first-order chi connectivity index (χ1) is 7.79. The molecule has 0 aliphatic heterocycles. The second-order valence-corrected chi connectivity index (χ2v) is 3.64. The Hall–Kier alpha value is -1.36. The van der Waals surface area contributed by atoms with E-state index >= 15 is 0 Å². The number of hydrogen-bond donors (Lipinski definition) is 3. The Morgan fingerprint density at radius 1 is 1.47 bits per heavy atom. The molecule has 0 radical (unpaired) electrons. The highest BCUT2D eigenvalue weighted by molar-refractivity contribution is 7.80. The van der Waals surface area contributed by atoms with Crippen molar-refractivity contribution in [3.8, 4) is 0 Å². The Morgan fingerprint density at radius 3 is 2.35 bits per heavy atom. The number of halogens is 1. The molecule has 1 heterocycles.